The van der Waals surface area contributed by atoms with Crippen LogP contribution in [-0.4, -0.2) is 19.9 Å². The van der Waals surface area contributed by atoms with E-state index in [0.29, 0.717) is 16.5 Å². The molecule has 0 saturated heterocycles. The van der Waals surface area contributed by atoms with Gasteiger partial charge in [0.05, 0.1) is 11.0 Å². The van der Waals surface area contributed by atoms with Crippen molar-refractivity contribution < 1.29 is 13.2 Å². The topological polar surface area (TPSA) is 74.4 Å². The first-order valence-corrected chi connectivity index (χ1v) is 6.98. The molecule has 8 heteroatoms. The second-order valence-electron chi connectivity index (χ2n) is 5.23. The van der Waals surface area contributed by atoms with Gasteiger partial charge in [-0.25, -0.2) is 9.78 Å². The monoisotopic (exact) mass is 330 g/mol. The number of hydrogen-bond donors (Lipinski definition) is 2. The van der Waals surface area contributed by atoms with Gasteiger partial charge < -0.3 is 4.98 Å². The highest BCUT2D eigenvalue weighted by molar-refractivity contribution is 5.96. The number of nitrogens with zero attached hydrogens (tertiary/aromatic N) is 2. The van der Waals surface area contributed by atoms with Crippen molar-refractivity contribution in [2.75, 3.05) is 0 Å². The minimum Gasteiger partial charge on any atom is -0.304 e. The molecule has 0 saturated carbocycles. The number of rotatable bonds is 1. The van der Waals surface area contributed by atoms with Crippen molar-refractivity contribution in [3.05, 3.63) is 58.8 Å². The average Bonchev–Trinajstić information content (AvgIpc) is 2.91. The standard InChI is InChI=1S/C16H9F3N4O/c17-16(18,19)13-10(7-12-14(22-13)23-15(24)21-12)8-5-6-20-11-4-2-1-3-9(8)11/h1-7H,(H2,21,22,23,24). The number of fused-ring (bicyclic) bond motifs is 2. The van der Waals surface area contributed by atoms with Gasteiger partial charge in [-0.3, -0.25) is 9.97 Å². The summed E-state index contributed by atoms with van der Waals surface area (Å²) in [5.41, 5.74) is -0.763. The predicted octanol–water partition coefficient (Wildman–Crippen LogP) is 3.49. The Hall–Kier alpha value is -3.16. The van der Waals surface area contributed by atoms with Crippen molar-refractivity contribution in [1.82, 2.24) is 19.9 Å². The summed E-state index contributed by atoms with van der Waals surface area (Å²) in [6.45, 7) is 0. The summed E-state index contributed by atoms with van der Waals surface area (Å²) in [5.74, 6) is 0. The van der Waals surface area contributed by atoms with Gasteiger partial charge in [0.25, 0.3) is 0 Å². The molecule has 0 bridgehead atoms. The van der Waals surface area contributed by atoms with Gasteiger partial charge in [-0.15, -0.1) is 0 Å². The van der Waals surface area contributed by atoms with E-state index in [-0.39, 0.29) is 16.7 Å². The molecule has 120 valence electrons. The van der Waals surface area contributed by atoms with Crippen LogP contribution in [0.15, 0.2) is 47.4 Å². The maximum absolute atomic E-state index is 13.5. The molecule has 0 aliphatic heterocycles. The van der Waals surface area contributed by atoms with E-state index in [9.17, 15) is 18.0 Å². The zero-order valence-electron chi connectivity index (χ0n) is 12.0. The molecule has 0 aliphatic rings. The molecule has 0 atom stereocenters. The number of imidazole rings is 1. The van der Waals surface area contributed by atoms with Crippen LogP contribution in [0.1, 0.15) is 5.69 Å². The molecule has 0 radical (unpaired) electrons. The Kier molecular flexibility index (Phi) is 2.96. The van der Waals surface area contributed by atoms with Gasteiger partial charge in [0.15, 0.2) is 11.3 Å². The normalized spacial score (nSPS) is 12.1. The van der Waals surface area contributed by atoms with E-state index >= 15 is 0 Å². The van der Waals surface area contributed by atoms with E-state index < -0.39 is 17.6 Å². The quantitative estimate of drug-likeness (QED) is 0.561. The molecule has 0 aliphatic carbocycles. The molecule has 0 unspecified atom stereocenters. The number of H-pyrrole nitrogens is 2. The predicted molar refractivity (Wildman–Crippen MR) is 82.5 cm³/mol. The van der Waals surface area contributed by atoms with Crippen molar-refractivity contribution in [3.63, 3.8) is 0 Å². The molecule has 0 fully saturated rings. The zero-order valence-corrected chi connectivity index (χ0v) is 12.0. The first-order valence-electron chi connectivity index (χ1n) is 6.98. The van der Waals surface area contributed by atoms with Crippen LogP contribution in [0.4, 0.5) is 13.2 Å². The number of aromatic amines is 2. The molecule has 2 N–H and O–H groups in total. The Labute approximate surface area is 132 Å². The summed E-state index contributed by atoms with van der Waals surface area (Å²) < 4.78 is 40.5. The zero-order chi connectivity index (χ0) is 16.9. The maximum Gasteiger partial charge on any atom is 0.434 e. The lowest BCUT2D eigenvalue weighted by Crippen LogP contribution is -2.10. The fourth-order valence-electron chi connectivity index (χ4n) is 2.72. The van der Waals surface area contributed by atoms with Gasteiger partial charge in [-0.2, -0.15) is 13.2 Å². The van der Waals surface area contributed by atoms with Crippen molar-refractivity contribution in [2.45, 2.75) is 6.18 Å². The van der Waals surface area contributed by atoms with Crippen LogP contribution in [0, 0.1) is 0 Å². The number of halogens is 3. The molecule has 4 aromatic rings. The lowest BCUT2D eigenvalue weighted by Gasteiger charge is -2.13. The Balaban J connectivity index is 2.12. The van der Waals surface area contributed by atoms with Crippen molar-refractivity contribution >= 4 is 22.1 Å². The number of nitrogens with one attached hydrogen (secondary N) is 2. The third-order valence-corrected chi connectivity index (χ3v) is 3.71. The van der Waals surface area contributed by atoms with Crippen molar-refractivity contribution in [1.29, 1.82) is 0 Å². The SMILES string of the molecule is O=c1[nH]c2cc(-c3ccnc4ccccc34)c(C(F)(F)F)nc2[nH]1. The fraction of sp³-hybridized carbons (Fsp3) is 0.0625. The molecular weight excluding hydrogens is 321 g/mol. The summed E-state index contributed by atoms with van der Waals surface area (Å²) in [5, 5.41) is 0.574. The fourth-order valence-corrected chi connectivity index (χ4v) is 2.72. The highest BCUT2D eigenvalue weighted by Gasteiger charge is 2.36. The van der Waals surface area contributed by atoms with Gasteiger partial charge in [0.1, 0.15) is 0 Å². The molecule has 0 amide bonds. The van der Waals surface area contributed by atoms with E-state index in [1.165, 1.54) is 18.3 Å². The minimum atomic E-state index is -4.66. The Bertz CT molecular complexity index is 1120. The molecular formula is C16H9F3N4O. The maximum atomic E-state index is 13.5. The molecule has 3 heterocycles. The van der Waals surface area contributed by atoms with Crippen molar-refractivity contribution in [2.24, 2.45) is 0 Å². The highest BCUT2D eigenvalue weighted by Crippen LogP contribution is 2.38. The van der Waals surface area contributed by atoms with Crippen LogP contribution in [0.5, 0.6) is 0 Å². The molecule has 4 rings (SSSR count). The van der Waals surface area contributed by atoms with Crippen LogP contribution in [0.2, 0.25) is 0 Å². The number of hydrogen-bond acceptors (Lipinski definition) is 3. The van der Waals surface area contributed by atoms with Crippen LogP contribution in [-0.2, 0) is 6.18 Å². The molecule has 1 aromatic carbocycles. The lowest BCUT2D eigenvalue weighted by molar-refractivity contribution is -0.140. The molecule has 24 heavy (non-hydrogen) atoms. The third kappa shape index (κ3) is 2.23. The number of aromatic nitrogens is 4. The Morgan fingerprint density at radius 2 is 1.79 bits per heavy atom. The number of benzene rings is 1. The van der Waals surface area contributed by atoms with E-state index in [0.717, 1.165) is 0 Å². The lowest BCUT2D eigenvalue weighted by atomic mass is 9.99. The van der Waals surface area contributed by atoms with E-state index in [2.05, 4.69) is 19.9 Å². The number of para-hydroxylation sites is 1. The van der Waals surface area contributed by atoms with Gasteiger partial charge in [-0.1, -0.05) is 18.2 Å². The molecule has 0 spiro atoms. The van der Waals surface area contributed by atoms with E-state index in [4.69, 9.17) is 0 Å². The largest absolute Gasteiger partial charge is 0.434 e. The highest BCUT2D eigenvalue weighted by atomic mass is 19.4. The number of alkyl halides is 3. The van der Waals surface area contributed by atoms with Gasteiger partial charge in [0, 0.05) is 17.1 Å². The second kappa shape index (κ2) is 4.92. The van der Waals surface area contributed by atoms with E-state index in [1.54, 1.807) is 24.3 Å². The summed E-state index contributed by atoms with van der Waals surface area (Å²) >= 11 is 0. The van der Waals surface area contributed by atoms with E-state index in [1.807, 2.05) is 0 Å². The Morgan fingerprint density at radius 1 is 1.00 bits per heavy atom. The average molecular weight is 330 g/mol. The number of pyridine rings is 2. The smallest absolute Gasteiger partial charge is 0.304 e. The third-order valence-electron chi connectivity index (χ3n) is 3.71. The van der Waals surface area contributed by atoms with Crippen LogP contribution in [0.3, 0.4) is 0 Å². The van der Waals surface area contributed by atoms with Crippen LogP contribution >= 0.6 is 0 Å². The summed E-state index contributed by atoms with van der Waals surface area (Å²) in [4.78, 5) is 23.8. The second-order valence-corrected chi connectivity index (χ2v) is 5.23. The van der Waals surface area contributed by atoms with Crippen molar-refractivity contribution in [3.8, 4) is 11.1 Å². The van der Waals surface area contributed by atoms with Crippen LogP contribution < -0.4 is 5.69 Å². The summed E-state index contributed by atoms with van der Waals surface area (Å²) in [7, 11) is 0. The van der Waals surface area contributed by atoms with Gasteiger partial charge in [0.2, 0.25) is 0 Å². The van der Waals surface area contributed by atoms with Crippen LogP contribution in [0.25, 0.3) is 33.2 Å². The summed E-state index contributed by atoms with van der Waals surface area (Å²) in [6.07, 6.45) is -3.22. The Morgan fingerprint density at radius 3 is 2.58 bits per heavy atom. The first-order chi connectivity index (χ1) is 11.4. The molecule has 3 aromatic heterocycles. The minimum absolute atomic E-state index is 0.108. The molecule has 5 nitrogen and oxygen atoms in total. The van der Waals surface area contributed by atoms with Gasteiger partial charge >= 0.3 is 11.9 Å². The van der Waals surface area contributed by atoms with Gasteiger partial charge in [-0.05, 0) is 23.8 Å². The first kappa shape index (κ1) is 14.4. The summed E-state index contributed by atoms with van der Waals surface area (Å²) in [6, 6.07) is 9.69.